The Bertz CT molecular complexity index is 2450. The number of carbonyl (C=O) groups is 2. The summed E-state index contributed by atoms with van der Waals surface area (Å²) in [6.45, 7) is 14.0. The van der Waals surface area contributed by atoms with Crippen molar-refractivity contribution in [1.29, 1.82) is 0 Å². The first-order chi connectivity index (χ1) is 29.9. The molecule has 3 fully saturated rings. The molecule has 16 heteroatoms. The number of hydrogen-bond donors (Lipinski definition) is 4. The largest absolute Gasteiger partial charge is 0.444 e. The summed E-state index contributed by atoms with van der Waals surface area (Å²) in [4.78, 5) is 28.8. The minimum atomic E-state index is -3.30. The van der Waals surface area contributed by atoms with Gasteiger partial charge in [0.2, 0.25) is 20.0 Å². The molecular weight excluding hydrogens is 853 g/mol. The van der Waals surface area contributed by atoms with Crippen LogP contribution in [0.1, 0.15) is 131 Å². The van der Waals surface area contributed by atoms with Crippen LogP contribution in [0, 0.1) is 0 Å². The van der Waals surface area contributed by atoms with E-state index >= 15 is 0 Å². The molecule has 9 rings (SSSR count). The van der Waals surface area contributed by atoms with E-state index in [1.165, 1.54) is 46.9 Å². The molecule has 0 aromatic heterocycles. The number of rotatable bonds is 4. The van der Waals surface area contributed by atoms with E-state index in [1.54, 1.807) is 6.07 Å². The highest BCUT2D eigenvalue weighted by Gasteiger charge is 2.44. The van der Waals surface area contributed by atoms with Gasteiger partial charge in [0.05, 0.1) is 12.5 Å². The van der Waals surface area contributed by atoms with Crippen LogP contribution >= 0.6 is 0 Å². The molecule has 14 nitrogen and oxygen atoms in total. The van der Waals surface area contributed by atoms with Gasteiger partial charge < -0.3 is 30.3 Å². The summed E-state index contributed by atoms with van der Waals surface area (Å²) in [7, 11) is -6.49. The number of likely N-dealkylation sites (tertiary alicyclic amines) is 2. The maximum atomic E-state index is 12.6. The summed E-state index contributed by atoms with van der Waals surface area (Å²) in [5, 5.41) is 3.56. The van der Waals surface area contributed by atoms with Crippen LogP contribution in [0.4, 0.5) is 26.7 Å². The molecule has 0 spiro atoms. The van der Waals surface area contributed by atoms with Gasteiger partial charge in [-0.15, -0.1) is 0 Å². The predicted molar refractivity (Wildman–Crippen MR) is 253 cm³/mol. The quantitative estimate of drug-likeness (QED) is 0.188. The van der Waals surface area contributed by atoms with E-state index in [4.69, 9.17) is 15.2 Å². The first kappa shape index (κ1) is 47.4. The molecule has 5 N–H and O–H groups in total. The van der Waals surface area contributed by atoms with Crippen LogP contribution in [0.5, 0.6) is 0 Å². The minimum absolute atomic E-state index is 0.0899. The second-order valence-corrected chi connectivity index (χ2v) is 23.9. The Labute approximate surface area is 380 Å². The van der Waals surface area contributed by atoms with Gasteiger partial charge >= 0.3 is 12.2 Å². The number of piperidine rings is 3. The summed E-state index contributed by atoms with van der Waals surface area (Å²) in [6, 6.07) is 18.6. The third-order valence-corrected chi connectivity index (χ3v) is 14.2. The zero-order valence-corrected chi connectivity index (χ0v) is 40.3. The van der Waals surface area contributed by atoms with Crippen LogP contribution in [-0.2, 0) is 48.8 Å². The van der Waals surface area contributed by atoms with Gasteiger partial charge in [-0.2, -0.15) is 0 Å². The zero-order valence-electron chi connectivity index (χ0n) is 38.7. The second-order valence-electron chi connectivity index (χ2n) is 20.4. The number of anilines is 3. The fourth-order valence-electron chi connectivity index (χ4n) is 10.7. The summed E-state index contributed by atoms with van der Waals surface area (Å²) in [5.74, 6) is 1.34. The van der Waals surface area contributed by atoms with Crippen LogP contribution in [0.2, 0.25) is 0 Å². The van der Waals surface area contributed by atoms with Crippen molar-refractivity contribution in [3.63, 3.8) is 0 Å². The third-order valence-electron chi connectivity index (χ3n) is 13.0. The highest BCUT2D eigenvalue weighted by Crippen LogP contribution is 2.45. The summed E-state index contributed by atoms with van der Waals surface area (Å²) in [6.07, 6.45) is 11.1. The maximum Gasteiger partial charge on any atom is 0.410 e. The third kappa shape index (κ3) is 11.6. The Morgan fingerprint density at radius 3 is 1.52 bits per heavy atom. The molecule has 3 aliphatic heterocycles. The first-order valence-electron chi connectivity index (χ1n) is 22.7. The Kier molecular flexibility index (Phi) is 13.6. The molecular formula is C48H68N6O8S2. The van der Waals surface area contributed by atoms with Gasteiger partial charge in [0.15, 0.2) is 0 Å². The normalized spacial score (nSPS) is 24.4. The van der Waals surface area contributed by atoms with Crippen molar-refractivity contribution in [2.24, 2.45) is 0 Å². The number of sulfonamides is 2. The van der Waals surface area contributed by atoms with Gasteiger partial charge in [-0.25, -0.2) is 26.4 Å². The number of carbonyl (C=O) groups excluding carboxylic acids is 2. The van der Waals surface area contributed by atoms with E-state index in [9.17, 15) is 26.4 Å². The van der Waals surface area contributed by atoms with Crippen LogP contribution in [0.3, 0.4) is 0 Å². The lowest BCUT2D eigenvalue weighted by atomic mass is 9.89. The number of amides is 2. The average Bonchev–Trinajstić information content (AvgIpc) is 3.85. The van der Waals surface area contributed by atoms with Crippen molar-refractivity contribution in [2.45, 2.75) is 146 Å². The smallest absolute Gasteiger partial charge is 0.410 e. The molecule has 0 saturated carbocycles. The Morgan fingerprint density at radius 2 is 1.05 bits per heavy atom. The Hall–Kier alpha value is -4.54. The molecule has 350 valence electrons. The fourth-order valence-corrected chi connectivity index (χ4v) is 11.8. The van der Waals surface area contributed by atoms with E-state index in [-0.39, 0.29) is 24.3 Å². The highest BCUT2D eigenvalue weighted by atomic mass is 32.2. The number of nitrogens with one attached hydrogen (secondary N) is 3. The average molecular weight is 921 g/mol. The number of fused-ring (bicyclic) bond motifs is 9. The molecule has 3 aliphatic carbocycles. The predicted octanol–water partition coefficient (Wildman–Crippen LogP) is 7.86. The van der Waals surface area contributed by atoms with Crippen LogP contribution in [0.25, 0.3) is 0 Å². The SMILES string of the molecule is CC(C)(C)OC(=O)N1CCC[C@@H]2c3ccc(N)cc3C[C@@H]21.CC(C)(C)OC(=O)N1CCC[C@@H]2c3ccc(NS(C)(=O)=O)cc3C[C@@H]21.CS(=O)(=O)Nc1ccc2c(c1)C[C@@H]1NCCC[C@H]21. The second kappa shape index (κ2) is 18.4. The van der Waals surface area contributed by atoms with Crippen LogP contribution < -0.4 is 20.5 Å². The van der Waals surface area contributed by atoms with Gasteiger partial charge in [0, 0.05) is 60.1 Å². The molecule has 3 aromatic carbocycles. The van der Waals surface area contributed by atoms with Crippen molar-refractivity contribution >= 4 is 49.3 Å². The molecule has 6 aliphatic rings. The zero-order chi connectivity index (χ0) is 46.4. The molecule has 3 saturated heterocycles. The van der Waals surface area contributed by atoms with Gasteiger partial charge in [-0.05, 0) is 182 Å². The van der Waals surface area contributed by atoms with E-state index in [2.05, 4.69) is 33.0 Å². The molecule has 0 bridgehead atoms. The monoisotopic (exact) mass is 920 g/mol. The maximum absolute atomic E-state index is 12.6. The lowest BCUT2D eigenvalue weighted by molar-refractivity contribution is 0.00732. The molecule has 64 heavy (non-hydrogen) atoms. The molecule has 2 amide bonds. The summed E-state index contributed by atoms with van der Waals surface area (Å²) in [5.41, 5.74) is 14.7. The molecule has 0 unspecified atom stereocenters. The van der Waals surface area contributed by atoms with E-state index in [0.29, 0.717) is 41.7 Å². The minimum Gasteiger partial charge on any atom is -0.444 e. The van der Waals surface area contributed by atoms with Crippen molar-refractivity contribution in [3.8, 4) is 0 Å². The number of nitrogens with zero attached hydrogens (tertiary/aromatic N) is 2. The molecule has 0 radical (unpaired) electrons. The Balaban J connectivity index is 0.000000145. The molecule has 6 atom stereocenters. The summed E-state index contributed by atoms with van der Waals surface area (Å²) < 4.78 is 61.6. The van der Waals surface area contributed by atoms with E-state index < -0.39 is 31.2 Å². The number of nitrogen functional groups attached to an aromatic ring is 1. The number of nitrogens with two attached hydrogens (primary N) is 1. The van der Waals surface area contributed by atoms with Crippen molar-refractivity contribution in [1.82, 2.24) is 15.1 Å². The van der Waals surface area contributed by atoms with Gasteiger partial charge in [0.1, 0.15) is 11.2 Å². The number of benzene rings is 3. The van der Waals surface area contributed by atoms with Gasteiger partial charge in [-0.3, -0.25) is 9.44 Å². The van der Waals surface area contributed by atoms with E-state index in [0.717, 1.165) is 75.5 Å². The number of ether oxygens (including phenoxy) is 2. The van der Waals surface area contributed by atoms with Crippen LogP contribution in [0.15, 0.2) is 54.6 Å². The standard InChI is InChI=1S/C18H26N2O4S.C17H24N2O2.C13H18N2O2S/c1-18(2,3)24-17(21)20-9-5-6-15-14-8-7-13(19-25(4,22)23)10-12(14)11-16(15)20;1-17(2,3)21-16(20)19-8-4-5-14-13-7-6-12(18)9-11(13)10-15(14)19;1-18(16,17)15-10-4-5-11-9(7-10)8-13-12(11)3-2-6-14-13/h7-8,10,15-16,19H,5-6,9,11H2,1-4H3;6-7,9,14-15H,4-5,8,10,18H2,1-3H3;4-5,7,12-15H,2-3,6,8H2,1H3/t15-,16+;14-,15+;12-,13+/m111/s1. The first-order valence-corrected chi connectivity index (χ1v) is 26.5. The molecule has 3 heterocycles. The summed E-state index contributed by atoms with van der Waals surface area (Å²) >= 11 is 0. The van der Waals surface area contributed by atoms with E-state index in [1.807, 2.05) is 81.7 Å². The van der Waals surface area contributed by atoms with Gasteiger partial charge in [0.25, 0.3) is 0 Å². The molecule has 3 aromatic rings. The topological polar surface area (TPSA) is 189 Å². The Morgan fingerprint density at radius 1 is 0.625 bits per heavy atom. The number of hydrogen-bond acceptors (Lipinski definition) is 10. The van der Waals surface area contributed by atoms with Crippen molar-refractivity contribution < 1.29 is 35.9 Å². The van der Waals surface area contributed by atoms with Crippen molar-refractivity contribution in [2.75, 3.05) is 47.3 Å². The lowest BCUT2D eigenvalue weighted by Crippen LogP contribution is -2.48. The highest BCUT2D eigenvalue weighted by molar-refractivity contribution is 7.92. The fraction of sp³-hybridized carbons (Fsp3) is 0.583. The lowest BCUT2D eigenvalue weighted by Gasteiger charge is -2.38. The van der Waals surface area contributed by atoms with Crippen molar-refractivity contribution in [3.05, 3.63) is 88.0 Å². The van der Waals surface area contributed by atoms with Crippen LogP contribution in [-0.4, -0.2) is 100 Å². The van der Waals surface area contributed by atoms with Gasteiger partial charge in [-0.1, -0.05) is 18.2 Å².